The van der Waals surface area contributed by atoms with Crippen LogP contribution in [-0.2, 0) is 13.1 Å². The maximum atomic E-state index is 3.55. The van der Waals surface area contributed by atoms with Gasteiger partial charge in [-0.05, 0) is 37.1 Å². The number of hydrogen-bond donors (Lipinski definition) is 4. The molecule has 0 heterocycles. The van der Waals surface area contributed by atoms with Gasteiger partial charge in [0.15, 0.2) is 0 Å². The standard InChI is InChI=1S/C28H46N4/c1(3-5-13-19-29-21-23-31-25-27-15-9-7-10-16-27)2-4-6-14-20-30-22-24-32-26-28-17-11-8-12-18-28/h7-12,15-18,29-32H,1-6,13-14,19-26H2. The van der Waals surface area contributed by atoms with Gasteiger partial charge in [-0.3, -0.25) is 0 Å². The van der Waals surface area contributed by atoms with Gasteiger partial charge in [0.25, 0.3) is 0 Å². The average molecular weight is 439 g/mol. The molecule has 2 aromatic rings. The minimum atomic E-state index is 0.963. The van der Waals surface area contributed by atoms with Gasteiger partial charge >= 0.3 is 0 Å². The van der Waals surface area contributed by atoms with Crippen molar-refractivity contribution in [1.82, 2.24) is 21.3 Å². The molecule has 0 fully saturated rings. The minimum Gasteiger partial charge on any atom is -0.315 e. The van der Waals surface area contributed by atoms with Crippen molar-refractivity contribution >= 4 is 0 Å². The van der Waals surface area contributed by atoms with Crippen molar-refractivity contribution in [2.24, 2.45) is 0 Å². The molecular formula is C28H46N4. The fourth-order valence-corrected chi connectivity index (χ4v) is 3.82. The zero-order valence-electron chi connectivity index (χ0n) is 20.1. The predicted molar refractivity (Wildman–Crippen MR) is 139 cm³/mol. The Morgan fingerprint density at radius 3 is 1.09 bits per heavy atom. The van der Waals surface area contributed by atoms with Gasteiger partial charge in [-0.25, -0.2) is 0 Å². The summed E-state index contributed by atoms with van der Waals surface area (Å²) in [6.07, 6.45) is 10.9. The zero-order chi connectivity index (χ0) is 22.4. The van der Waals surface area contributed by atoms with E-state index in [1.807, 2.05) is 0 Å². The fraction of sp³-hybridized carbons (Fsp3) is 0.571. The van der Waals surface area contributed by atoms with Crippen molar-refractivity contribution in [3.8, 4) is 0 Å². The summed E-state index contributed by atoms with van der Waals surface area (Å²) in [6.45, 7) is 8.42. The van der Waals surface area contributed by atoms with E-state index in [0.717, 1.165) is 52.4 Å². The molecule has 0 saturated heterocycles. The summed E-state index contributed by atoms with van der Waals surface area (Å²) in [6, 6.07) is 21.2. The van der Waals surface area contributed by atoms with Crippen LogP contribution in [0.1, 0.15) is 62.5 Å². The summed E-state index contributed by atoms with van der Waals surface area (Å²) in [5.41, 5.74) is 2.71. The Labute approximate surface area is 197 Å². The van der Waals surface area contributed by atoms with E-state index in [-0.39, 0.29) is 0 Å². The first-order valence-electron chi connectivity index (χ1n) is 12.9. The molecule has 0 unspecified atom stereocenters. The summed E-state index contributed by atoms with van der Waals surface area (Å²) in [5, 5.41) is 14.1. The van der Waals surface area contributed by atoms with E-state index in [0.29, 0.717) is 0 Å². The summed E-state index contributed by atoms with van der Waals surface area (Å²) in [4.78, 5) is 0. The van der Waals surface area contributed by atoms with Crippen LogP contribution >= 0.6 is 0 Å². The first kappa shape index (κ1) is 26.5. The highest BCUT2D eigenvalue weighted by atomic mass is 14.9. The number of unbranched alkanes of at least 4 members (excludes halogenated alkanes) is 7. The average Bonchev–Trinajstić information content (AvgIpc) is 2.84. The number of hydrogen-bond acceptors (Lipinski definition) is 4. The quantitative estimate of drug-likeness (QED) is 0.210. The molecule has 0 aliphatic rings. The molecule has 4 N–H and O–H groups in total. The Morgan fingerprint density at radius 1 is 0.344 bits per heavy atom. The van der Waals surface area contributed by atoms with Crippen LogP contribution in [0.2, 0.25) is 0 Å². The van der Waals surface area contributed by atoms with Gasteiger partial charge in [-0.2, -0.15) is 0 Å². The van der Waals surface area contributed by atoms with Gasteiger partial charge in [-0.15, -0.1) is 0 Å². The van der Waals surface area contributed by atoms with Crippen LogP contribution in [-0.4, -0.2) is 39.3 Å². The molecule has 32 heavy (non-hydrogen) atoms. The molecule has 0 saturated carbocycles. The van der Waals surface area contributed by atoms with Crippen molar-refractivity contribution in [3.63, 3.8) is 0 Å². The third kappa shape index (κ3) is 15.1. The van der Waals surface area contributed by atoms with E-state index >= 15 is 0 Å². The molecule has 2 aromatic carbocycles. The summed E-state index contributed by atoms with van der Waals surface area (Å²) in [7, 11) is 0. The Hall–Kier alpha value is -1.72. The molecule has 4 nitrogen and oxygen atoms in total. The van der Waals surface area contributed by atoms with E-state index in [9.17, 15) is 0 Å². The fourth-order valence-electron chi connectivity index (χ4n) is 3.82. The largest absolute Gasteiger partial charge is 0.315 e. The first-order chi connectivity index (χ1) is 15.9. The second kappa shape index (κ2) is 19.9. The molecule has 0 aliphatic carbocycles. The van der Waals surface area contributed by atoms with Gasteiger partial charge in [-0.1, -0.05) is 99.2 Å². The molecule has 0 atom stereocenters. The summed E-state index contributed by atoms with van der Waals surface area (Å²) < 4.78 is 0. The van der Waals surface area contributed by atoms with Gasteiger partial charge < -0.3 is 21.3 Å². The van der Waals surface area contributed by atoms with E-state index in [1.54, 1.807) is 0 Å². The monoisotopic (exact) mass is 438 g/mol. The lowest BCUT2D eigenvalue weighted by atomic mass is 10.1. The second-order valence-electron chi connectivity index (χ2n) is 8.65. The first-order valence-corrected chi connectivity index (χ1v) is 12.9. The van der Waals surface area contributed by atoms with Crippen LogP contribution in [0, 0.1) is 0 Å². The van der Waals surface area contributed by atoms with Crippen LogP contribution in [0.15, 0.2) is 60.7 Å². The van der Waals surface area contributed by atoms with Crippen LogP contribution < -0.4 is 21.3 Å². The summed E-state index contributed by atoms with van der Waals surface area (Å²) in [5.74, 6) is 0. The molecule has 178 valence electrons. The lowest BCUT2D eigenvalue weighted by molar-refractivity contribution is 0.532. The van der Waals surface area contributed by atoms with Crippen molar-refractivity contribution in [3.05, 3.63) is 71.8 Å². The maximum absolute atomic E-state index is 3.55. The second-order valence-corrected chi connectivity index (χ2v) is 8.65. The number of nitrogens with one attached hydrogen (secondary N) is 4. The molecule has 2 rings (SSSR count). The van der Waals surface area contributed by atoms with Crippen molar-refractivity contribution in [2.45, 2.75) is 64.5 Å². The van der Waals surface area contributed by atoms with Gasteiger partial charge in [0.1, 0.15) is 0 Å². The lowest BCUT2D eigenvalue weighted by Crippen LogP contribution is -2.27. The Morgan fingerprint density at radius 2 is 0.688 bits per heavy atom. The van der Waals surface area contributed by atoms with Gasteiger partial charge in [0.05, 0.1) is 0 Å². The van der Waals surface area contributed by atoms with Crippen molar-refractivity contribution in [2.75, 3.05) is 39.3 Å². The highest BCUT2D eigenvalue weighted by molar-refractivity contribution is 5.14. The predicted octanol–water partition coefficient (Wildman–Crippen LogP) is 4.87. The highest BCUT2D eigenvalue weighted by Crippen LogP contribution is 2.08. The lowest BCUT2D eigenvalue weighted by Gasteiger charge is -2.07. The Kier molecular flexibility index (Phi) is 16.5. The maximum Gasteiger partial charge on any atom is 0.0206 e. The molecule has 0 amide bonds. The molecule has 0 bridgehead atoms. The summed E-state index contributed by atoms with van der Waals surface area (Å²) >= 11 is 0. The Bertz CT molecular complexity index is 575. The molecule has 0 radical (unpaired) electrons. The van der Waals surface area contributed by atoms with Crippen molar-refractivity contribution < 1.29 is 0 Å². The number of benzene rings is 2. The molecule has 0 aliphatic heterocycles. The van der Waals surface area contributed by atoms with E-state index < -0.39 is 0 Å². The topological polar surface area (TPSA) is 48.1 Å². The molecule has 4 heteroatoms. The van der Waals surface area contributed by atoms with E-state index in [2.05, 4.69) is 81.9 Å². The van der Waals surface area contributed by atoms with Gasteiger partial charge in [0, 0.05) is 39.3 Å². The smallest absolute Gasteiger partial charge is 0.0206 e. The normalized spacial score (nSPS) is 11.1. The van der Waals surface area contributed by atoms with Crippen LogP contribution in [0.5, 0.6) is 0 Å². The van der Waals surface area contributed by atoms with E-state index in [4.69, 9.17) is 0 Å². The minimum absolute atomic E-state index is 0.963. The van der Waals surface area contributed by atoms with Crippen LogP contribution in [0.4, 0.5) is 0 Å². The van der Waals surface area contributed by atoms with Crippen LogP contribution in [0.25, 0.3) is 0 Å². The van der Waals surface area contributed by atoms with Crippen molar-refractivity contribution in [1.29, 1.82) is 0 Å². The molecular weight excluding hydrogens is 392 g/mol. The number of rotatable bonds is 21. The third-order valence-electron chi connectivity index (χ3n) is 5.76. The molecule has 0 spiro atoms. The SMILES string of the molecule is c1ccc(CNCCNCCCCCCCCCCNCCNCc2ccccc2)cc1. The van der Waals surface area contributed by atoms with Crippen LogP contribution in [0.3, 0.4) is 0 Å². The Balaban J connectivity index is 1.21. The molecule has 0 aromatic heterocycles. The van der Waals surface area contributed by atoms with E-state index in [1.165, 1.54) is 62.5 Å². The highest BCUT2D eigenvalue weighted by Gasteiger charge is 1.95. The van der Waals surface area contributed by atoms with Gasteiger partial charge in [0.2, 0.25) is 0 Å². The third-order valence-corrected chi connectivity index (χ3v) is 5.76. The zero-order valence-corrected chi connectivity index (χ0v) is 20.1.